The Hall–Kier alpha value is -2.73. The van der Waals surface area contributed by atoms with E-state index >= 15 is 0 Å². The van der Waals surface area contributed by atoms with Gasteiger partial charge in [-0.2, -0.15) is 4.98 Å². The number of hydrogen-bond acceptors (Lipinski definition) is 3. The largest absolute Gasteiger partial charge is 0.471 e. The molecule has 0 aliphatic carbocycles. The van der Waals surface area contributed by atoms with Crippen LogP contribution in [0.15, 0.2) is 47.3 Å². The highest BCUT2D eigenvalue weighted by Crippen LogP contribution is 2.22. The van der Waals surface area contributed by atoms with Crippen molar-refractivity contribution in [2.45, 2.75) is 20.5 Å². The first-order valence-corrected chi connectivity index (χ1v) is 8.18. The topological polar surface area (TPSA) is 44.1 Å². The van der Waals surface area contributed by atoms with E-state index in [9.17, 15) is 13.6 Å². The Morgan fingerprint density at radius 2 is 1.88 bits per heavy atom. The van der Waals surface area contributed by atoms with Crippen LogP contribution in [-0.2, 0) is 6.61 Å². The molecule has 0 atom stereocenters. The van der Waals surface area contributed by atoms with Gasteiger partial charge in [0.25, 0.3) is 5.56 Å². The fourth-order valence-corrected chi connectivity index (χ4v) is 2.74. The van der Waals surface area contributed by atoms with Gasteiger partial charge in [-0.15, -0.1) is 0 Å². The minimum Gasteiger partial charge on any atom is -0.471 e. The normalized spacial score (nSPS) is 10.8. The molecule has 0 spiro atoms. The molecule has 7 heteroatoms. The van der Waals surface area contributed by atoms with Gasteiger partial charge in [-0.1, -0.05) is 29.8 Å². The second kappa shape index (κ2) is 7.25. The van der Waals surface area contributed by atoms with Gasteiger partial charge in [0, 0.05) is 11.6 Å². The van der Waals surface area contributed by atoms with Gasteiger partial charge in [-0.05, 0) is 37.6 Å². The van der Waals surface area contributed by atoms with Gasteiger partial charge in [0.2, 0.25) is 5.88 Å². The summed E-state index contributed by atoms with van der Waals surface area (Å²) in [6.45, 7) is 3.29. The van der Waals surface area contributed by atoms with Gasteiger partial charge in [-0.25, -0.2) is 8.78 Å². The van der Waals surface area contributed by atoms with E-state index in [2.05, 4.69) is 4.98 Å². The lowest BCUT2D eigenvalue weighted by Crippen LogP contribution is -2.24. The second-order valence-electron chi connectivity index (χ2n) is 5.73. The second-order valence-corrected chi connectivity index (χ2v) is 6.11. The van der Waals surface area contributed by atoms with Crippen LogP contribution in [0.1, 0.15) is 17.0 Å². The summed E-state index contributed by atoms with van der Waals surface area (Å²) in [6.07, 6.45) is 0. The zero-order valence-electron chi connectivity index (χ0n) is 14.1. The van der Waals surface area contributed by atoms with Crippen molar-refractivity contribution >= 4 is 11.6 Å². The van der Waals surface area contributed by atoms with Gasteiger partial charge in [0.15, 0.2) is 5.02 Å². The van der Waals surface area contributed by atoms with Gasteiger partial charge in [0.1, 0.15) is 24.1 Å². The average molecular weight is 377 g/mol. The first-order chi connectivity index (χ1) is 12.4. The summed E-state index contributed by atoms with van der Waals surface area (Å²) in [7, 11) is 0. The van der Waals surface area contributed by atoms with Crippen molar-refractivity contribution in [2.24, 2.45) is 0 Å². The summed E-state index contributed by atoms with van der Waals surface area (Å²) < 4.78 is 33.5. The lowest BCUT2D eigenvalue weighted by atomic mass is 10.2. The van der Waals surface area contributed by atoms with E-state index in [0.717, 1.165) is 17.7 Å². The maximum Gasteiger partial charge on any atom is 0.280 e. The van der Waals surface area contributed by atoms with Crippen LogP contribution in [0, 0.1) is 25.5 Å². The smallest absolute Gasteiger partial charge is 0.280 e. The molecule has 2 aromatic carbocycles. The highest BCUT2D eigenvalue weighted by Gasteiger charge is 2.17. The molecule has 0 N–H and O–H groups in total. The number of aryl methyl sites for hydroxylation is 2. The third-order valence-corrected chi connectivity index (χ3v) is 4.22. The summed E-state index contributed by atoms with van der Waals surface area (Å²) >= 11 is 6.13. The molecule has 3 aromatic rings. The third-order valence-electron chi connectivity index (χ3n) is 3.90. The van der Waals surface area contributed by atoms with Crippen LogP contribution < -0.4 is 10.3 Å². The van der Waals surface area contributed by atoms with E-state index in [4.69, 9.17) is 16.3 Å². The van der Waals surface area contributed by atoms with Crippen LogP contribution in [0.3, 0.4) is 0 Å². The Kier molecular flexibility index (Phi) is 5.04. The van der Waals surface area contributed by atoms with E-state index in [-0.39, 0.29) is 23.1 Å². The van der Waals surface area contributed by atoms with E-state index < -0.39 is 17.2 Å². The lowest BCUT2D eigenvalue weighted by molar-refractivity contribution is 0.285. The van der Waals surface area contributed by atoms with Crippen molar-refractivity contribution in [1.82, 2.24) is 9.55 Å². The van der Waals surface area contributed by atoms with Crippen LogP contribution >= 0.6 is 11.6 Å². The molecule has 0 unspecified atom stereocenters. The highest BCUT2D eigenvalue weighted by atomic mass is 35.5. The maximum absolute atomic E-state index is 13.7. The Bertz CT molecular complexity index is 1030. The molecular weight excluding hydrogens is 362 g/mol. The molecule has 0 fully saturated rings. The molecule has 0 aliphatic heterocycles. The van der Waals surface area contributed by atoms with Crippen molar-refractivity contribution in [2.75, 3.05) is 0 Å². The number of halogens is 3. The first kappa shape index (κ1) is 18.1. The average Bonchev–Trinajstić information content (AvgIpc) is 2.60. The Balaban J connectivity index is 1.96. The molecule has 1 heterocycles. The monoisotopic (exact) mass is 376 g/mol. The zero-order valence-corrected chi connectivity index (χ0v) is 14.8. The quantitative estimate of drug-likeness (QED) is 0.679. The SMILES string of the molecule is Cc1ccccc1-n1c(C)nc(OCc2ccc(F)cc2F)c(Cl)c1=O. The molecule has 26 heavy (non-hydrogen) atoms. The van der Waals surface area contributed by atoms with Crippen LogP contribution in [-0.4, -0.2) is 9.55 Å². The standard InChI is InChI=1S/C19H15ClF2N2O2/c1-11-5-3-4-6-16(11)24-12(2)23-18(17(20)19(24)25)26-10-13-7-8-14(21)9-15(13)22/h3-9H,10H2,1-2H3. The van der Waals surface area contributed by atoms with E-state index in [1.165, 1.54) is 10.6 Å². The van der Waals surface area contributed by atoms with Gasteiger partial charge >= 0.3 is 0 Å². The van der Waals surface area contributed by atoms with Crippen molar-refractivity contribution in [3.63, 3.8) is 0 Å². The number of benzene rings is 2. The molecule has 0 bridgehead atoms. The fraction of sp³-hybridized carbons (Fsp3) is 0.158. The molecule has 1 aromatic heterocycles. The predicted octanol–water partition coefficient (Wildman–Crippen LogP) is 4.36. The van der Waals surface area contributed by atoms with Crippen LogP contribution in [0.25, 0.3) is 5.69 Å². The molecule has 0 amide bonds. The van der Waals surface area contributed by atoms with Crippen molar-refractivity contribution in [1.29, 1.82) is 0 Å². The lowest BCUT2D eigenvalue weighted by Gasteiger charge is -2.15. The first-order valence-electron chi connectivity index (χ1n) is 7.80. The van der Waals surface area contributed by atoms with E-state index in [0.29, 0.717) is 11.5 Å². The Morgan fingerprint density at radius 1 is 1.15 bits per heavy atom. The number of para-hydroxylation sites is 1. The van der Waals surface area contributed by atoms with Gasteiger partial charge in [0.05, 0.1) is 5.69 Å². The molecule has 4 nitrogen and oxygen atoms in total. The van der Waals surface area contributed by atoms with Crippen LogP contribution in [0.5, 0.6) is 5.88 Å². The highest BCUT2D eigenvalue weighted by molar-refractivity contribution is 6.31. The number of ether oxygens (including phenoxy) is 1. The van der Waals surface area contributed by atoms with Crippen LogP contribution in [0.2, 0.25) is 5.02 Å². The third kappa shape index (κ3) is 3.46. The molecule has 0 aliphatic rings. The Morgan fingerprint density at radius 3 is 2.58 bits per heavy atom. The number of hydrogen-bond donors (Lipinski definition) is 0. The number of rotatable bonds is 4. The minimum atomic E-state index is -0.744. The predicted molar refractivity (Wildman–Crippen MR) is 95.0 cm³/mol. The summed E-state index contributed by atoms with van der Waals surface area (Å²) in [5.41, 5.74) is 1.20. The summed E-state index contributed by atoms with van der Waals surface area (Å²) in [6, 6.07) is 10.5. The van der Waals surface area contributed by atoms with E-state index in [1.807, 2.05) is 25.1 Å². The van der Waals surface area contributed by atoms with Gasteiger partial charge in [-0.3, -0.25) is 9.36 Å². The van der Waals surface area contributed by atoms with Crippen molar-refractivity contribution < 1.29 is 13.5 Å². The molecule has 3 rings (SSSR count). The molecule has 0 saturated carbocycles. The molecule has 0 radical (unpaired) electrons. The number of nitrogens with zero attached hydrogens (tertiary/aromatic N) is 2. The van der Waals surface area contributed by atoms with E-state index in [1.54, 1.807) is 13.0 Å². The summed E-state index contributed by atoms with van der Waals surface area (Å²) in [5.74, 6) is -1.14. The Labute approximate surface area is 153 Å². The fourth-order valence-electron chi connectivity index (χ4n) is 2.56. The molecule has 0 saturated heterocycles. The van der Waals surface area contributed by atoms with Crippen molar-refractivity contribution in [3.05, 3.63) is 86.4 Å². The maximum atomic E-state index is 13.7. The summed E-state index contributed by atoms with van der Waals surface area (Å²) in [4.78, 5) is 16.9. The summed E-state index contributed by atoms with van der Waals surface area (Å²) in [5, 5.41) is -0.207. The van der Waals surface area contributed by atoms with Crippen LogP contribution in [0.4, 0.5) is 8.78 Å². The number of aromatic nitrogens is 2. The van der Waals surface area contributed by atoms with Crippen molar-refractivity contribution in [3.8, 4) is 11.6 Å². The minimum absolute atomic E-state index is 0.0947. The molecular formula is C19H15ClF2N2O2. The van der Waals surface area contributed by atoms with Gasteiger partial charge < -0.3 is 4.74 Å². The zero-order chi connectivity index (χ0) is 18.8. The molecule has 134 valence electrons.